The van der Waals surface area contributed by atoms with Crippen LogP contribution in [-0.4, -0.2) is 34.3 Å². The number of likely N-dealkylation sites (tertiary alicyclic amines) is 1. The molecule has 1 aliphatic rings. The van der Waals surface area contributed by atoms with E-state index in [1.807, 2.05) is 6.92 Å². The molecule has 2 amide bonds. The maximum Gasteiger partial charge on any atom is 0.272 e. The van der Waals surface area contributed by atoms with Crippen LogP contribution in [0.5, 0.6) is 0 Å². The highest BCUT2D eigenvalue weighted by molar-refractivity contribution is 6.30. The van der Waals surface area contributed by atoms with Gasteiger partial charge in [-0.3, -0.25) is 14.6 Å². The summed E-state index contributed by atoms with van der Waals surface area (Å²) in [4.78, 5) is 29.3. The van der Waals surface area contributed by atoms with Gasteiger partial charge >= 0.3 is 0 Å². The lowest BCUT2D eigenvalue weighted by Gasteiger charge is -2.36. The second-order valence-electron chi connectivity index (χ2n) is 4.84. The number of carbonyl (C=O) groups excluding carboxylic acids is 2. The van der Waals surface area contributed by atoms with E-state index in [4.69, 9.17) is 17.3 Å². The minimum atomic E-state index is -0.358. The van der Waals surface area contributed by atoms with Crippen molar-refractivity contribution in [3.63, 3.8) is 0 Å². The smallest absolute Gasteiger partial charge is 0.272 e. The average Bonchev–Trinajstić information content (AvgIpc) is 2.38. The molecule has 0 aromatic carbocycles. The van der Waals surface area contributed by atoms with Crippen LogP contribution in [0.1, 0.15) is 30.3 Å². The average molecular weight is 282 g/mol. The van der Waals surface area contributed by atoms with Gasteiger partial charge in [0.05, 0.1) is 5.92 Å². The molecule has 1 fully saturated rings. The van der Waals surface area contributed by atoms with Crippen molar-refractivity contribution in [1.29, 1.82) is 0 Å². The zero-order valence-corrected chi connectivity index (χ0v) is 11.4. The van der Waals surface area contributed by atoms with E-state index < -0.39 is 0 Å². The minimum absolute atomic E-state index is 0.0730. The standard InChI is InChI=1S/C13H16ClN3O2/c1-8-2-3-9(12(15)18)7-17(8)13(19)11-6-10(14)4-5-16-11/h4-6,8-9H,2-3,7H2,1H3,(H2,15,18). The Morgan fingerprint density at radius 2 is 2.21 bits per heavy atom. The second kappa shape index (κ2) is 5.57. The van der Waals surface area contributed by atoms with E-state index in [-0.39, 0.29) is 23.8 Å². The summed E-state index contributed by atoms with van der Waals surface area (Å²) < 4.78 is 0. The van der Waals surface area contributed by atoms with Gasteiger partial charge in [0, 0.05) is 23.8 Å². The third-order valence-electron chi connectivity index (χ3n) is 3.49. The Labute approximate surface area is 116 Å². The van der Waals surface area contributed by atoms with E-state index in [1.165, 1.54) is 12.3 Å². The largest absolute Gasteiger partial charge is 0.369 e. The quantitative estimate of drug-likeness (QED) is 0.892. The predicted molar refractivity (Wildman–Crippen MR) is 71.7 cm³/mol. The molecule has 2 atom stereocenters. The maximum atomic E-state index is 12.4. The summed E-state index contributed by atoms with van der Waals surface area (Å²) in [6.45, 7) is 2.31. The fraction of sp³-hybridized carbons (Fsp3) is 0.462. The third kappa shape index (κ3) is 3.04. The minimum Gasteiger partial charge on any atom is -0.369 e. The van der Waals surface area contributed by atoms with Crippen LogP contribution in [0, 0.1) is 5.92 Å². The Bertz CT molecular complexity index is 506. The molecule has 6 heteroatoms. The first-order chi connectivity index (χ1) is 8.99. The number of nitrogens with two attached hydrogens (primary N) is 1. The number of hydrogen-bond acceptors (Lipinski definition) is 3. The van der Waals surface area contributed by atoms with Crippen molar-refractivity contribution in [2.45, 2.75) is 25.8 Å². The maximum absolute atomic E-state index is 12.4. The topological polar surface area (TPSA) is 76.3 Å². The van der Waals surface area contributed by atoms with Crippen LogP contribution in [0.3, 0.4) is 0 Å². The Hall–Kier alpha value is -1.62. The molecule has 0 spiro atoms. The van der Waals surface area contributed by atoms with Crippen molar-refractivity contribution in [3.05, 3.63) is 29.0 Å². The van der Waals surface area contributed by atoms with Crippen molar-refractivity contribution in [3.8, 4) is 0 Å². The summed E-state index contributed by atoms with van der Waals surface area (Å²) in [5.74, 6) is -0.843. The monoisotopic (exact) mass is 281 g/mol. The van der Waals surface area contributed by atoms with Crippen LogP contribution in [0.2, 0.25) is 5.02 Å². The predicted octanol–water partition coefficient (Wildman–Crippen LogP) is 1.46. The van der Waals surface area contributed by atoms with Gasteiger partial charge in [-0.1, -0.05) is 11.6 Å². The Kier molecular flexibility index (Phi) is 4.04. The molecule has 0 radical (unpaired) electrons. The molecule has 5 nitrogen and oxygen atoms in total. The number of nitrogens with zero attached hydrogens (tertiary/aromatic N) is 2. The number of piperidine rings is 1. The van der Waals surface area contributed by atoms with Crippen molar-refractivity contribution < 1.29 is 9.59 Å². The van der Waals surface area contributed by atoms with E-state index in [9.17, 15) is 9.59 Å². The summed E-state index contributed by atoms with van der Waals surface area (Å²) in [5, 5.41) is 0.467. The SMILES string of the molecule is CC1CCC(C(N)=O)CN1C(=O)c1cc(Cl)ccn1. The number of rotatable bonds is 2. The van der Waals surface area contributed by atoms with E-state index >= 15 is 0 Å². The molecule has 1 saturated heterocycles. The Morgan fingerprint density at radius 1 is 1.47 bits per heavy atom. The molecule has 1 aliphatic heterocycles. The summed E-state index contributed by atoms with van der Waals surface area (Å²) in [6.07, 6.45) is 2.99. The number of pyridine rings is 1. The summed E-state index contributed by atoms with van der Waals surface area (Å²) in [7, 11) is 0. The summed E-state index contributed by atoms with van der Waals surface area (Å²) in [6, 6.07) is 3.22. The Morgan fingerprint density at radius 3 is 2.84 bits per heavy atom. The first-order valence-corrected chi connectivity index (χ1v) is 6.58. The van der Waals surface area contributed by atoms with Gasteiger partial charge in [0.1, 0.15) is 5.69 Å². The number of amides is 2. The number of hydrogen-bond donors (Lipinski definition) is 1. The molecule has 2 N–H and O–H groups in total. The zero-order chi connectivity index (χ0) is 14.0. The van der Waals surface area contributed by atoms with Gasteiger partial charge in [0.15, 0.2) is 0 Å². The Balaban J connectivity index is 2.19. The molecule has 0 aliphatic carbocycles. The molecular formula is C13H16ClN3O2. The number of halogens is 1. The molecule has 2 heterocycles. The van der Waals surface area contributed by atoms with Crippen molar-refractivity contribution in [1.82, 2.24) is 9.88 Å². The highest BCUT2D eigenvalue weighted by Crippen LogP contribution is 2.23. The molecule has 2 rings (SSSR count). The molecule has 1 aromatic heterocycles. The summed E-state index contributed by atoms with van der Waals surface area (Å²) >= 11 is 5.86. The van der Waals surface area contributed by atoms with Crippen molar-refractivity contribution in [2.75, 3.05) is 6.54 Å². The van der Waals surface area contributed by atoms with Gasteiger partial charge in [0.2, 0.25) is 5.91 Å². The first kappa shape index (κ1) is 13.8. The van der Waals surface area contributed by atoms with E-state index in [1.54, 1.807) is 11.0 Å². The van der Waals surface area contributed by atoms with Gasteiger partial charge in [-0.2, -0.15) is 0 Å². The zero-order valence-electron chi connectivity index (χ0n) is 10.7. The number of carbonyl (C=O) groups is 2. The molecule has 0 bridgehead atoms. The first-order valence-electron chi connectivity index (χ1n) is 6.21. The molecular weight excluding hydrogens is 266 g/mol. The van der Waals surface area contributed by atoms with Crippen LogP contribution in [0.15, 0.2) is 18.3 Å². The van der Waals surface area contributed by atoms with Crippen LogP contribution in [0.25, 0.3) is 0 Å². The molecule has 1 aromatic rings. The fourth-order valence-corrected chi connectivity index (χ4v) is 2.45. The second-order valence-corrected chi connectivity index (χ2v) is 5.28. The van der Waals surface area contributed by atoms with Crippen LogP contribution < -0.4 is 5.73 Å². The van der Waals surface area contributed by atoms with Gasteiger partial charge in [-0.05, 0) is 31.9 Å². The molecule has 2 unspecified atom stereocenters. The lowest BCUT2D eigenvalue weighted by molar-refractivity contribution is -0.123. The number of primary amides is 1. The van der Waals surface area contributed by atoms with Crippen LogP contribution in [0.4, 0.5) is 0 Å². The molecule has 102 valence electrons. The van der Waals surface area contributed by atoms with Gasteiger partial charge in [0.25, 0.3) is 5.91 Å². The van der Waals surface area contributed by atoms with Crippen LogP contribution >= 0.6 is 11.6 Å². The van der Waals surface area contributed by atoms with Crippen molar-refractivity contribution >= 4 is 23.4 Å². The van der Waals surface area contributed by atoms with Gasteiger partial charge in [-0.25, -0.2) is 0 Å². The highest BCUT2D eigenvalue weighted by Gasteiger charge is 2.32. The lowest BCUT2D eigenvalue weighted by atomic mass is 9.92. The third-order valence-corrected chi connectivity index (χ3v) is 3.72. The highest BCUT2D eigenvalue weighted by atomic mass is 35.5. The van der Waals surface area contributed by atoms with Crippen molar-refractivity contribution in [2.24, 2.45) is 11.7 Å². The van der Waals surface area contributed by atoms with Gasteiger partial charge in [-0.15, -0.1) is 0 Å². The van der Waals surface area contributed by atoms with E-state index in [2.05, 4.69) is 4.98 Å². The lowest BCUT2D eigenvalue weighted by Crippen LogP contribution is -2.48. The van der Waals surface area contributed by atoms with E-state index in [0.29, 0.717) is 17.3 Å². The number of aromatic nitrogens is 1. The van der Waals surface area contributed by atoms with Crippen LogP contribution in [-0.2, 0) is 4.79 Å². The normalized spacial score (nSPS) is 23.2. The molecule has 0 saturated carbocycles. The van der Waals surface area contributed by atoms with Gasteiger partial charge < -0.3 is 10.6 Å². The fourth-order valence-electron chi connectivity index (χ4n) is 2.29. The van der Waals surface area contributed by atoms with E-state index in [0.717, 1.165) is 12.8 Å². The molecule has 19 heavy (non-hydrogen) atoms. The summed E-state index contributed by atoms with van der Waals surface area (Å²) in [5.41, 5.74) is 5.62.